The van der Waals surface area contributed by atoms with E-state index in [0.29, 0.717) is 25.0 Å². The lowest BCUT2D eigenvalue weighted by molar-refractivity contribution is -0.137. The van der Waals surface area contributed by atoms with Crippen LogP contribution in [0.3, 0.4) is 0 Å². The Morgan fingerprint density at radius 1 is 1.27 bits per heavy atom. The van der Waals surface area contributed by atoms with Crippen molar-refractivity contribution < 1.29 is 18.0 Å². The number of nitrogens with zero attached hydrogens (tertiary/aromatic N) is 1. The third-order valence-corrected chi connectivity index (χ3v) is 4.62. The van der Waals surface area contributed by atoms with Crippen LogP contribution >= 0.6 is 0 Å². The SMILES string of the molecule is O=C(c1cccc(C(F)(F)F)c1)N1CC[C@@H]2NCCC[C@H]2C1. The van der Waals surface area contributed by atoms with Gasteiger partial charge in [-0.2, -0.15) is 13.2 Å². The molecule has 3 nitrogen and oxygen atoms in total. The molecule has 3 rings (SSSR count). The minimum absolute atomic E-state index is 0.122. The maximum absolute atomic E-state index is 12.8. The second-order valence-electron chi connectivity index (χ2n) is 6.08. The molecule has 1 aromatic carbocycles. The Labute approximate surface area is 127 Å². The van der Waals surface area contributed by atoms with Gasteiger partial charge in [0.05, 0.1) is 5.56 Å². The molecule has 6 heteroatoms. The number of nitrogens with one attached hydrogen (secondary N) is 1. The van der Waals surface area contributed by atoms with Crippen LogP contribution in [-0.2, 0) is 6.18 Å². The average molecular weight is 312 g/mol. The second-order valence-corrected chi connectivity index (χ2v) is 6.08. The van der Waals surface area contributed by atoms with Crippen LogP contribution in [0.2, 0.25) is 0 Å². The van der Waals surface area contributed by atoms with Crippen molar-refractivity contribution in [3.05, 3.63) is 35.4 Å². The molecule has 0 unspecified atom stereocenters. The lowest BCUT2D eigenvalue weighted by Gasteiger charge is -2.41. The average Bonchev–Trinajstić information content (AvgIpc) is 2.53. The van der Waals surface area contributed by atoms with Crippen LogP contribution in [0.1, 0.15) is 35.2 Å². The lowest BCUT2D eigenvalue weighted by atomic mass is 9.85. The second kappa shape index (κ2) is 5.91. The molecule has 2 fully saturated rings. The summed E-state index contributed by atoms with van der Waals surface area (Å²) in [5.41, 5.74) is -0.649. The van der Waals surface area contributed by atoms with Gasteiger partial charge in [0.2, 0.25) is 0 Å². The fourth-order valence-corrected chi connectivity index (χ4v) is 3.44. The summed E-state index contributed by atoms with van der Waals surface area (Å²) in [6, 6.07) is 5.15. The summed E-state index contributed by atoms with van der Waals surface area (Å²) >= 11 is 0. The van der Waals surface area contributed by atoms with Crippen molar-refractivity contribution in [1.29, 1.82) is 0 Å². The Balaban J connectivity index is 1.74. The van der Waals surface area contributed by atoms with E-state index in [1.54, 1.807) is 4.90 Å². The summed E-state index contributed by atoms with van der Waals surface area (Å²) in [6.07, 6.45) is -1.39. The van der Waals surface area contributed by atoms with Crippen LogP contribution in [0.4, 0.5) is 13.2 Å². The predicted molar refractivity (Wildman–Crippen MR) is 76.5 cm³/mol. The molecule has 0 bridgehead atoms. The van der Waals surface area contributed by atoms with Crippen LogP contribution in [0.15, 0.2) is 24.3 Å². The summed E-state index contributed by atoms with van der Waals surface area (Å²) in [5.74, 6) is 0.118. The highest BCUT2D eigenvalue weighted by Gasteiger charge is 2.34. The molecule has 2 aliphatic rings. The van der Waals surface area contributed by atoms with Gasteiger partial charge in [-0.3, -0.25) is 4.79 Å². The molecule has 2 heterocycles. The minimum atomic E-state index is -4.42. The van der Waals surface area contributed by atoms with Gasteiger partial charge in [-0.15, -0.1) is 0 Å². The number of carbonyl (C=O) groups is 1. The van der Waals surface area contributed by atoms with E-state index in [9.17, 15) is 18.0 Å². The normalized spacial score (nSPS) is 25.7. The molecular formula is C16H19F3N2O. The summed E-state index contributed by atoms with van der Waals surface area (Å²) < 4.78 is 38.3. The molecule has 0 aliphatic carbocycles. The van der Waals surface area contributed by atoms with E-state index >= 15 is 0 Å². The predicted octanol–water partition coefficient (Wildman–Crippen LogP) is 2.92. The molecule has 0 spiro atoms. The topological polar surface area (TPSA) is 32.3 Å². The zero-order valence-electron chi connectivity index (χ0n) is 12.2. The first-order valence-electron chi connectivity index (χ1n) is 7.65. The first-order valence-corrected chi connectivity index (χ1v) is 7.65. The number of benzene rings is 1. The van der Waals surface area contributed by atoms with Crippen molar-refractivity contribution in [2.24, 2.45) is 5.92 Å². The lowest BCUT2D eigenvalue weighted by Crippen LogP contribution is -2.53. The van der Waals surface area contributed by atoms with E-state index in [1.807, 2.05) is 0 Å². The zero-order valence-corrected chi connectivity index (χ0v) is 12.2. The van der Waals surface area contributed by atoms with Gasteiger partial charge in [-0.1, -0.05) is 6.07 Å². The molecule has 1 N–H and O–H groups in total. The number of alkyl halides is 3. The quantitative estimate of drug-likeness (QED) is 0.865. The Kier molecular flexibility index (Phi) is 4.12. The first kappa shape index (κ1) is 15.3. The van der Waals surface area contributed by atoms with Crippen LogP contribution in [-0.4, -0.2) is 36.5 Å². The van der Waals surface area contributed by atoms with E-state index in [4.69, 9.17) is 0 Å². The number of likely N-dealkylation sites (tertiary alicyclic amines) is 1. The Hall–Kier alpha value is -1.56. The highest BCUT2D eigenvalue weighted by atomic mass is 19.4. The third-order valence-electron chi connectivity index (χ3n) is 4.62. The van der Waals surface area contributed by atoms with E-state index in [-0.39, 0.29) is 11.5 Å². The molecule has 2 atom stereocenters. The summed E-state index contributed by atoms with van der Waals surface area (Å²) in [4.78, 5) is 14.2. The molecule has 2 aliphatic heterocycles. The van der Waals surface area contributed by atoms with Gasteiger partial charge < -0.3 is 10.2 Å². The van der Waals surface area contributed by atoms with Crippen molar-refractivity contribution in [1.82, 2.24) is 10.2 Å². The fourth-order valence-electron chi connectivity index (χ4n) is 3.44. The molecule has 2 saturated heterocycles. The number of rotatable bonds is 1. The number of amides is 1. The van der Waals surface area contributed by atoms with Gasteiger partial charge in [0.25, 0.3) is 5.91 Å². The van der Waals surface area contributed by atoms with Crippen LogP contribution < -0.4 is 5.32 Å². The fraction of sp³-hybridized carbons (Fsp3) is 0.562. The smallest absolute Gasteiger partial charge is 0.338 e. The minimum Gasteiger partial charge on any atom is -0.338 e. The van der Waals surface area contributed by atoms with E-state index in [2.05, 4.69) is 5.32 Å². The van der Waals surface area contributed by atoms with Crippen LogP contribution in [0.5, 0.6) is 0 Å². The number of hydrogen-bond acceptors (Lipinski definition) is 2. The summed E-state index contributed by atoms with van der Waals surface area (Å²) in [6.45, 7) is 2.25. The van der Waals surface area contributed by atoms with Crippen molar-refractivity contribution in [2.45, 2.75) is 31.5 Å². The van der Waals surface area contributed by atoms with Crippen LogP contribution in [0.25, 0.3) is 0 Å². The van der Waals surface area contributed by atoms with Crippen LogP contribution in [0, 0.1) is 5.92 Å². The van der Waals surface area contributed by atoms with E-state index < -0.39 is 11.7 Å². The molecular weight excluding hydrogens is 293 g/mol. The number of hydrogen-bond donors (Lipinski definition) is 1. The standard InChI is InChI=1S/C16H19F3N2O/c17-16(18,19)13-5-1-3-11(9-13)15(22)21-8-6-14-12(10-21)4-2-7-20-14/h1,3,5,9,12,14,20H,2,4,6-8,10H2/t12-,14-/m0/s1. The largest absolute Gasteiger partial charge is 0.416 e. The zero-order chi connectivity index (χ0) is 15.7. The number of halogens is 3. The molecule has 1 aromatic rings. The van der Waals surface area contributed by atoms with Gasteiger partial charge in [0.15, 0.2) is 0 Å². The summed E-state index contributed by atoms with van der Waals surface area (Å²) in [5, 5.41) is 3.46. The molecule has 22 heavy (non-hydrogen) atoms. The van der Waals surface area contributed by atoms with Crippen molar-refractivity contribution in [3.8, 4) is 0 Å². The maximum Gasteiger partial charge on any atom is 0.416 e. The number of carbonyl (C=O) groups excluding carboxylic acids is 1. The molecule has 0 saturated carbocycles. The van der Waals surface area contributed by atoms with E-state index in [0.717, 1.165) is 37.9 Å². The van der Waals surface area contributed by atoms with Gasteiger partial charge in [-0.05, 0) is 49.9 Å². The Bertz CT molecular complexity index is 559. The molecule has 120 valence electrons. The first-order chi connectivity index (χ1) is 10.4. The highest BCUT2D eigenvalue weighted by Crippen LogP contribution is 2.30. The Morgan fingerprint density at radius 3 is 2.86 bits per heavy atom. The molecule has 1 amide bonds. The highest BCUT2D eigenvalue weighted by molar-refractivity contribution is 5.94. The number of fused-ring (bicyclic) bond motifs is 1. The van der Waals surface area contributed by atoms with Crippen molar-refractivity contribution in [2.75, 3.05) is 19.6 Å². The van der Waals surface area contributed by atoms with Gasteiger partial charge in [0.1, 0.15) is 0 Å². The summed E-state index contributed by atoms with van der Waals surface area (Å²) in [7, 11) is 0. The van der Waals surface area contributed by atoms with E-state index in [1.165, 1.54) is 12.1 Å². The third kappa shape index (κ3) is 3.11. The van der Waals surface area contributed by atoms with Gasteiger partial charge in [-0.25, -0.2) is 0 Å². The van der Waals surface area contributed by atoms with Crippen molar-refractivity contribution in [3.63, 3.8) is 0 Å². The number of piperidine rings is 2. The van der Waals surface area contributed by atoms with Gasteiger partial charge >= 0.3 is 6.18 Å². The van der Waals surface area contributed by atoms with Crippen molar-refractivity contribution >= 4 is 5.91 Å². The van der Waals surface area contributed by atoms with Gasteiger partial charge in [0, 0.05) is 24.7 Å². The Morgan fingerprint density at radius 2 is 2.09 bits per heavy atom. The molecule has 0 aromatic heterocycles. The molecule has 0 radical (unpaired) electrons. The monoisotopic (exact) mass is 312 g/mol. The maximum atomic E-state index is 12.8.